The zero-order valence-corrected chi connectivity index (χ0v) is 18.6. The van der Waals surface area contributed by atoms with Crippen LogP contribution < -0.4 is 16.0 Å². The average molecular weight is 445 g/mol. The zero-order valence-electron chi connectivity index (χ0n) is 17.1. The van der Waals surface area contributed by atoms with E-state index in [9.17, 15) is 9.59 Å². The molecule has 2 amide bonds. The lowest BCUT2D eigenvalue weighted by molar-refractivity contribution is -0.120. The van der Waals surface area contributed by atoms with Crippen molar-refractivity contribution in [1.82, 2.24) is 16.0 Å². The highest BCUT2D eigenvalue weighted by molar-refractivity contribution is 6.35. The van der Waals surface area contributed by atoms with Crippen molar-refractivity contribution in [3.63, 3.8) is 0 Å². The number of ether oxygens (including phenoxy) is 1. The van der Waals surface area contributed by atoms with Crippen molar-refractivity contribution in [2.24, 2.45) is 5.92 Å². The molecule has 0 aliphatic rings. The van der Waals surface area contributed by atoms with E-state index in [2.05, 4.69) is 29.8 Å². The number of hydrogen-bond acceptors (Lipinski definition) is 5. The Morgan fingerprint density at radius 1 is 1.17 bits per heavy atom. The first kappa shape index (κ1) is 25.7. The summed E-state index contributed by atoms with van der Waals surface area (Å²) in [6, 6.07) is 4.59. The van der Waals surface area contributed by atoms with Crippen molar-refractivity contribution in [2.75, 3.05) is 40.0 Å². The smallest absolute Gasteiger partial charge is 0.316 e. The van der Waals surface area contributed by atoms with E-state index in [1.165, 1.54) is 12.1 Å². The van der Waals surface area contributed by atoms with Gasteiger partial charge in [0.05, 0.1) is 23.7 Å². The summed E-state index contributed by atoms with van der Waals surface area (Å²) in [5.41, 5.74) is 0.224. The van der Waals surface area contributed by atoms with Crippen molar-refractivity contribution >= 4 is 42.5 Å². The van der Waals surface area contributed by atoms with E-state index in [1.807, 2.05) is 0 Å². The Hall–Kier alpha value is -1.32. The van der Waals surface area contributed by atoms with Gasteiger partial charge < -0.3 is 25.3 Å². The van der Waals surface area contributed by atoms with Gasteiger partial charge in [-0.2, -0.15) is 0 Å². The number of hydrogen-bond donors (Lipinski definition) is 3. The van der Waals surface area contributed by atoms with Gasteiger partial charge in [0.15, 0.2) is 0 Å². The Kier molecular flexibility index (Phi) is 13.0. The van der Waals surface area contributed by atoms with Crippen LogP contribution in [0.3, 0.4) is 0 Å². The maximum Gasteiger partial charge on any atom is 0.316 e. The molecule has 0 bridgehead atoms. The molecule has 1 aromatic carbocycles. The number of nitrogens with one attached hydrogen (secondary N) is 3. The molecule has 7 nitrogen and oxygen atoms in total. The maximum atomic E-state index is 12.2. The largest absolute Gasteiger partial charge is 0.437 e. The highest BCUT2D eigenvalue weighted by atomic mass is 35.5. The van der Waals surface area contributed by atoms with E-state index >= 15 is 0 Å². The lowest BCUT2D eigenvalue weighted by atomic mass is 9.81. The summed E-state index contributed by atoms with van der Waals surface area (Å²) in [4.78, 5) is 24.5. The Bertz CT molecular complexity index is 650. The number of carbonyl (C=O) groups is 2. The molecule has 1 radical (unpaired) electrons. The predicted octanol–water partition coefficient (Wildman–Crippen LogP) is 2.08. The van der Waals surface area contributed by atoms with Crippen molar-refractivity contribution in [3.8, 4) is 0 Å². The summed E-state index contributed by atoms with van der Waals surface area (Å²) in [6.45, 7) is 6.49. The number of halogens is 2. The third-order valence-corrected chi connectivity index (χ3v) is 4.36. The normalized spacial score (nSPS) is 11.9. The van der Waals surface area contributed by atoms with Crippen LogP contribution in [0.4, 0.5) is 0 Å². The number of methoxy groups -OCH3 is 1. The fourth-order valence-electron chi connectivity index (χ4n) is 2.46. The third-order valence-electron chi connectivity index (χ3n) is 3.79. The number of rotatable bonds is 14. The lowest BCUT2D eigenvalue weighted by Gasteiger charge is -2.20. The minimum atomic E-state index is -0.463. The Labute approximate surface area is 183 Å². The summed E-state index contributed by atoms with van der Waals surface area (Å²) in [5, 5.41) is 9.25. The molecule has 161 valence electrons. The lowest BCUT2D eigenvalue weighted by Crippen LogP contribution is -2.46. The van der Waals surface area contributed by atoms with Gasteiger partial charge in [-0.15, -0.1) is 0 Å². The van der Waals surface area contributed by atoms with Gasteiger partial charge in [-0.3, -0.25) is 9.59 Å². The fourth-order valence-corrected chi connectivity index (χ4v) is 2.83. The molecule has 0 aliphatic carbocycles. The average Bonchev–Trinajstić information content (AvgIpc) is 2.66. The molecule has 0 aromatic heterocycles. The second-order valence-corrected chi connectivity index (χ2v) is 7.70. The highest BCUT2D eigenvalue weighted by Gasteiger charge is 2.18. The molecular weight excluding hydrogens is 416 g/mol. The molecule has 10 heteroatoms. The monoisotopic (exact) mass is 444 g/mol. The first-order valence-electron chi connectivity index (χ1n) is 9.50. The molecule has 1 rings (SSSR count). The zero-order chi connectivity index (χ0) is 21.6. The van der Waals surface area contributed by atoms with Crippen LogP contribution in [0.1, 0.15) is 30.6 Å². The predicted molar refractivity (Wildman–Crippen MR) is 117 cm³/mol. The van der Waals surface area contributed by atoms with Gasteiger partial charge in [0.2, 0.25) is 5.91 Å². The highest BCUT2D eigenvalue weighted by Crippen LogP contribution is 2.20. The van der Waals surface area contributed by atoms with E-state index in [4.69, 9.17) is 32.6 Å². The molecular formula is C19H29BCl2N3O4. The maximum absolute atomic E-state index is 12.2. The van der Waals surface area contributed by atoms with Gasteiger partial charge in [-0.25, -0.2) is 0 Å². The van der Waals surface area contributed by atoms with Crippen LogP contribution in [0.5, 0.6) is 0 Å². The minimum Gasteiger partial charge on any atom is -0.437 e. The van der Waals surface area contributed by atoms with Crippen LogP contribution in [-0.2, 0) is 14.2 Å². The molecule has 0 saturated heterocycles. The molecule has 0 saturated carbocycles. The molecule has 0 unspecified atom stereocenters. The molecule has 1 aromatic rings. The van der Waals surface area contributed by atoms with Crippen molar-refractivity contribution < 1.29 is 19.0 Å². The van der Waals surface area contributed by atoms with E-state index in [1.54, 1.807) is 20.7 Å². The summed E-state index contributed by atoms with van der Waals surface area (Å²) in [6.07, 6.45) is 0.719. The van der Waals surface area contributed by atoms with Gasteiger partial charge >= 0.3 is 7.48 Å². The first-order chi connectivity index (χ1) is 13.8. The summed E-state index contributed by atoms with van der Waals surface area (Å²) < 4.78 is 10.5. The molecule has 29 heavy (non-hydrogen) atoms. The number of amides is 2. The summed E-state index contributed by atoms with van der Waals surface area (Å²) in [5.74, 6) is -0.677. The quantitative estimate of drug-likeness (QED) is 0.302. The van der Waals surface area contributed by atoms with Crippen molar-refractivity contribution in [1.29, 1.82) is 0 Å². The SMILES string of the molecule is COCCNCCO[B][C@H](CC(C)C)NC(=O)CNC(=O)c1cc(Cl)ccc1Cl. The van der Waals surface area contributed by atoms with Crippen LogP contribution >= 0.6 is 23.2 Å². The molecule has 1 atom stereocenters. The molecule has 3 N–H and O–H groups in total. The van der Waals surface area contributed by atoms with E-state index in [-0.39, 0.29) is 29.0 Å². The van der Waals surface area contributed by atoms with Crippen LogP contribution in [0, 0.1) is 5.92 Å². The standard InChI is InChI=1S/C19H29BCl2N3O4/c1-13(2)10-17(20-29-9-7-23-6-8-28-3)25-18(26)12-24-19(27)15-11-14(21)4-5-16(15)22/h4-5,11,13,17,23H,6-10,12H2,1-3H3,(H,24,27)(H,25,26)/t17-/m0/s1. The second kappa shape index (κ2) is 14.6. The molecule has 0 spiro atoms. The van der Waals surface area contributed by atoms with Gasteiger partial charge in [0, 0.05) is 37.8 Å². The Balaban J connectivity index is 2.41. The van der Waals surface area contributed by atoms with Crippen LogP contribution in [-0.4, -0.2) is 65.2 Å². The van der Waals surface area contributed by atoms with Crippen molar-refractivity contribution in [3.05, 3.63) is 33.8 Å². The first-order valence-corrected chi connectivity index (χ1v) is 10.3. The molecule has 0 aliphatic heterocycles. The minimum absolute atomic E-state index is 0.178. The molecule has 0 fully saturated rings. The number of benzene rings is 1. The van der Waals surface area contributed by atoms with Crippen LogP contribution in [0.25, 0.3) is 0 Å². The Morgan fingerprint density at radius 2 is 1.90 bits per heavy atom. The van der Waals surface area contributed by atoms with Crippen LogP contribution in [0.2, 0.25) is 10.0 Å². The molecule has 0 heterocycles. The van der Waals surface area contributed by atoms with E-state index < -0.39 is 5.91 Å². The fraction of sp³-hybridized carbons (Fsp3) is 0.579. The van der Waals surface area contributed by atoms with Crippen molar-refractivity contribution in [2.45, 2.75) is 26.2 Å². The van der Waals surface area contributed by atoms with Gasteiger partial charge in [-0.1, -0.05) is 37.0 Å². The summed E-state index contributed by atoms with van der Waals surface area (Å²) >= 11 is 11.9. The topological polar surface area (TPSA) is 88.7 Å². The third kappa shape index (κ3) is 11.4. The summed E-state index contributed by atoms with van der Waals surface area (Å²) in [7, 11) is 3.28. The number of carbonyl (C=O) groups excluding carboxylic acids is 2. The van der Waals surface area contributed by atoms with E-state index in [0.717, 1.165) is 13.0 Å². The van der Waals surface area contributed by atoms with E-state index in [0.29, 0.717) is 30.7 Å². The Morgan fingerprint density at radius 3 is 2.59 bits per heavy atom. The van der Waals surface area contributed by atoms with Gasteiger partial charge in [0.25, 0.3) is 5.91 Å². The van der Waals surface area contributed by atoms with Gasteiger partial charge in [-0.05, 0) is 30.5 Å². The second-order valence-electron chi connectivity index (χ2n) is 6.86. The van der Waals surface area contributed by atoms with Crippen LogP contribution in [0.15, 0.2) is 18.2 Å². The van der Waals surface area contributed by atoms with Gasteiger partial charge in [0.1, 0.15) is 0 Å².